The second kappa shape index (κ2) is 39.1. The maximum absolute atomic E-state index is 12.7. The number of hydrogen-bond acceptors (Lipinski definition) is 11. The van der Waals surface area contributed by atoms with Gasteiger partial charge in [0.25, 0.3) is 0 Å². The Balaban J connectivity index is 4.72. The fraction of sp³-hybridized carbons (Fsp3) is 0.636. The number of hydrogen-bond donors (Lipinski definition) is 5. The monoisotopic (exact) mass is 888 g/mol. The van der Waals surface area contributed by atoms with Gasteiger partial charge in [0.1, 0.15) is 12.7 Å². The molecule has 0 heterocycles. The fourth-order valence-electron chi connectivity index (χ4n) is 5.11. The first kappa shape index (κ1) is 57.3. The number of carbonyl (C=O) groups is 2. The molecule has 0 aromatic rings. The first-order valence-electron chi connectivity index (χ1n) is 21.4. The van der Waals surface area contributed by atoms with Gasteiger partial charge in [0.15, 0.2) is 6.10 Å². The number of esters is 2. The van der Waals surface area contributed by atoms with Crippen LogP contribution >= 0.6 is 15.6 Å². The lowest BCUT2D eigenvalue weighted by Crippen LogP contribution is -2.30. The summed E-state index contributed by atoms with van der Waals surface area (Å²) < 4.78 is 47.6. The van der Waals surface area contributed by atoms with Gasteiger partial charge in [-0.25, -0.2) is 9.13 Å². The van der Waals surface area contributed by atoms with E-state index >= 15 is 0 Å². The zero-order valence-corrected chi connectivity index (χ0v) is 37.7. The van der Waals surface area contributed by atoms with Crippen LogP contribution in [-0.2, 0) is 41.8 Å². The van der Waals surface area contributed by atoms with Gasteiger partial charge in [-0.05, 0) is 70.6 Å². The van der Waals surface area contributed by atoms with Gasteiger partial charge >= 0.3 is 27.6 Å². The van der Waals surface area contributed by atoms with Crippen LogP contribution in [-0.4, -0.2) is 81.6 Å². The summed E-state index contributed by atoms with van der Waals surface area (Å²) >= 11 is 0. The van der Waals surface area contributed by atoms with Gasteiger partial charge in [-0.2, -0.15) is 0 Å². The summed E-state index contributed by atoms with van der Waals surface area (Å²) in [5.41, 5.74) is 0. The molecule has 0 saturated heterocycles. The second-order valence-electron chi connectivity index (χ2n) is 14.1. The quantitative estimate of drug-likeness (QED) is 0.0128. The minimum atomic E-state index is -4.88. The van der Waals surface area contributed by atoms with Crippen molar-refractivity contribution in [1.82, 2.24) is 0 Å². The number of phosphoric acid groups is 2. The SMILES string of the molecule is CC/C=C/C/C=C/C=C/C(O)CCCCCCCC(=O)O[C@H](COC(=O)CCC/C=C\C/C=C\C/C=C\C/C=C\CCCCC)COP(=O)(O)OC[C@@H](O)COP(=O)(O)O. The van der Waals surface area contributed by atoms with E-state index in [1.807, 2.05) is 30.4 Å². The number of aliphatic hydroxyl groups excluding tert-OH is 2. The summed E-state index contributed by atoms with van der Waals surface area (Å²) in [7, 11) is -9.73. The molecule has 60 heavy (non-hydrogen) atoms. The Hall–Kier alpha value is -2.74. The van der Waals surface area contributed by atoms with E-state index in [1.54, 1.807) is 6.08 Å². The zero-order valence-electron chi connectivity index (χ0n) is 35.9. The number of rotatable bonds is 39. The standard InChI is InChI=1S/C44H74O14P2/c1-3-5-7-9-11-12-13-14-15-16-17-18-19-20-22-26-30-34-43(47)54-38-42(39-57-60(52,53)56-37-41(46)36-55-59(49,50)51)58-44(48)35-31-27-23-25-29-33-40(45)32-28-24-21-10-8-6-4-2/h6,8,11-12,14-15,17-18,20-22,24,28,32,40-42,45-46H,3-5,7,9-10,13,16,19,23,25-27,29-31,33-39H2,1-2H3,(H,52,53)(H2,49,50,51)/b8-6+,12-11-,15-14-,18-17-,22-20-,24-21+,32-28+/t40?,41-,42+/m0/s1. The average molecular weight is 889 g/mol. The highest BCUT2D eigenvalue weighted by molar-refractivity contribution is 7.47. The summed E-state index contributed by atoms with van der Waals surface area (Å²) in [6.07, 6.45) is 40.3. The molecule has 0 fully saturated rings. The van der Waals surface area contributed by atoms with Gasteiger partial charge < -0.3 is 34.4 Å². The molecule has 2 unspecified atom stereocenters. The third-order valence-electron chi connectivity index (χ3n) is 8.36. The minimum Gasteiger partial charge on any atom is -0.462 e. The van der Waals surface area contributed by atoms with E-state index in [2.05, 4.69) is 71.5 Å². The predicted molar refractivity (Wildman–Crippen MR) is 236 cm³/mol. The molecule has 0 radical (unpaired) electrons. The van der Waals surface area contributed by atoms with Crippen LogP contribution in [0.15, 0.2) is 85.1 Å². The number of unbranched alkanes of at least 4 members (excludes halogenated alkanes) is 8. The lowest BCUT2D eigenvalue weighted by atomic mass is 10.1. The third-order valence-corrected chi connectivity index (χ3v) is 9.80. The first-order chi connectivity index (χ1) is 28.8. The molecule has 0 saturated carbocycles. The van der Waals surface area contributed by atoms with Gasteiger partial charge in [-0.15, -0.1) is 0 Å². The van der Waals surface area contributed by atoms with Crippen molar-refractivity contribution in [3.05, 3.63) is 85.1 Å². The van der Waals surface area contributed by atoms with Crippen molar-refractivity contribution in [2.24, 2.45) is 0 Å². The van der Waals surface area contributed by atoms with Crippen LogP contribution in [0.1, 0.15) is 136 Å². The van der Waals surface area contributed by atoms with E-state index in [9.17, 15) is 33.8 Å². The van der Waals surface area contributed by atoms with Crippen LogP contribution in [0.25, 0.3) is 0 Å². The van der Waals surface area contributed by atoms with Crippen molar-refractivity contribution in [1.29, 1.82) is 0 Å². The number of allylic oxidation sites excluding steroid dienone is 13. The van der Waals surface area contributed by atoms with Gasteiger partial charge in [0.2, 0.25) is 0 Å². The molecule has 0 aromatic carbocycles. The minimum absolute atomic E-state index is 0.0453. The van der Waals surface area contributed by atoms with E-state index in [-0.39, 0.29) is 12.8 Å². The molecule has 0 rings (SSSR count). The number of aliphatic hydroxyl groups is 2. The Morgan fingerprint density at radius 1 is 0.567 bits per heavy atom. The van der Waals surface area contributed by atoms with Gasteiger partial charge in [0, 0.05) is 12.8 Å². The third kappa shape index (κ3) is 42.0. The Labute approximate surface area is 359 Å². The summed E-state index contributed by atoms with van der Waals surface area (Å²) in [6, 6.07) is 0. The first-order valence-corrected chi connectivity index (χ1v) is 24.4. The van der Waals surface area contributed by atoms with Crippen molar-refractivity contribution in [3.8, 4) is 0 Å². The van der Waals surface area contributed by atoms with Crippen LogP contribution in [0.2, 0.25) is 0 Å². The highest BCUT2D eigenvalue weighted by Crippen LogP contribution is 2.43. The van der Waals surface area contributed by atoms with Crippen LogP contribution in [0, 0.1) is 0 Å². The molecule has 0 aliphatic heterocycles. The molecular weight excluding hydrogens is 814 g/mol. The van der Waals surface area contributed by atoms with E-state index in [1.165, 1.54) is 19.3 Å². The smallest absolute Gasteiger partial charge is 0.462 e. The van der Waals surface area contributed by atoms with E-state index in [4.69, 9.17) is 23.8 Å². The molecule has 5 N–H and O–H groups in total. The van der Waals surface area contributed by atoms with Crippen molar-refractivity contribution in [3.63, 3.8) is 0 Å². The lowest BCUT2D eigenvalue weighted by molar-refractivity contribution is -0.161. The topological polar surface area (TPSA) is 216 Å². The molecular formula is C44H74O14P2. The Morgan fingerprint density at radius 3 is 1.77 bits per heavy atom. The molecule has 16 heteroatoms. The summed E-state index contributed by atoms with van der Waals surface area (Å²) in [6.45, 7) is 1.41. The molecule has 0 bridgehead atoms. The van der Waals surface area contributed by atoms with Gasteiger partial charge in [-0.1, -0.05) is 137 Å². The van der Waals surface area contributed by atoms with Crippen LogP contribution in [0.5, 0.6) is 0 Å². The van der Waals surface area contributed by atoms with E-state index in [0.717, 1.165) is 64.2 Å². The molecule has 14 nitrogen and oxygen atoms in total. The maximum atomic E-state index is 12.7. The zero-order chi connectivity index (χ0) is 44.6. The van der Waals surface area contributed by atoms with Crippen molar-refractivity contribution in [2.45, 2.75) is 154 Å². The molecule has 0 spiro atoms. The average Bonchev–Trinajstić information content (AvgIpc) is 3.20. The number of ether oxygens (including phenoxy) is 2. The normalized spacial score (nSPS) is 15.4. The number of carbonyl (C=O) groups excluding carboxylic acids is 2. The highest BCUT2D eigenvalue weighted by atomic mass is 31.2. The van der Waals surface area contributed by atoms with Crippen molar-refractivity contribution in [2.75, 3.05) is 26.4 Å². The highest BCUT2D eigenvalue weighted by Gasteiger charge is 2.28. The molecule has 0 aromatic heterocycles. The van der Waals surface area contributed by atoms with Crippen molar-refractivity contribution >= 4 is 27.6 Å². The van der Waals surface area contributed by atoms with Crippen LogP contribution < -0.4 is 0 Å². The molecule has 0 amide bonds. The maximum Gasteiger partial charge on any atom is 0.472 e. The van der Waals surface area contributed by atoms with Gasteiger partial charge in [-0.3, -0.25) is 23.2 Å². The largest absolute Gasteiger partial charge is 0.472 e. The molecule has 0 aliphatic rings. The number of phosphoric ester groups is 2. The molecule has 344 valence electrons. The van der Waals surface area contributed by atoms with Gasteiger partial charge in [0.05, 0.1) is 25.9 Å². The summed E-state index contributed by atoms with van der Waals surface area (Å²) in [4.78, 5) is 52.6. The van der Waals surface area contributed by atoms with Crippen LogP contribution in [0.4, 0.5) is 0 Å². The van der Waals surface area contributed by atoms with Crippen molar-refractivity contribution < 1.29 is 66.7 Å². The molecule has 4 atom stereocenters. The second-order valence-corrected chi connectivity index (χ2v) is 16.8. The summed E-state index contributed by atoms with van der Waals surface area (Å²) in [5.74, 6) is -1.18. The van der Waals surface area contributed by atoms with E-state index < -0.39 is 72.3 Å². The summed E-state index contributed by atoms with van der Waals surface area (Å²) in [5, 5.41) is 19.9. The lowest BCUT2D eigenvalue weighted by Gasteiger charge is -2.20. The fourth-order valence-corrected chi connectivity index (χ4v) is 6.27. The molecule has 0 aliphatic carbocycles. The Morgan fingerprint density at radius 2 is 1.12 bits per heavy atom. The predicted octanol–water partition coefficient (Wildman–Crippen LogP) is 9.75. The Bertz CT molecular complexity index is 1400. The van der Waals surface area contributed by atoms with E-state index in [0.29, 0.717) is 25.7 Å². The Kier molecular flexibility index (Phi) is 37.3. The van der Waals surface area contributed by atoms with Crippen LogP contribution in [0.3, 0.4) is 0 Å².